The Morgan fingerprint density at radius 2 is 2.00 bits per heavy atom. The van der Waals surface area contributed by atoms with Crippen molar-refractivity contribution < 1.29 is 28.7 Å². The first-order valence-electron chi connectivity index (χ1n) is 7.22. The van der Waals surface area contributed by atoms with E-state index < -0.39 is 46.6 Å². The van der Waals surface area contributed by atoms with E-state index in [9.17, 15) is 29.2 Å². The fourth-order valence-corrected chi connectivity index (χ4v) is 1.90. The summed E-state index contributed by atoms with van der Waals surface area (Å²) in [7, 11) is 0. The Morgan fingerprint density at radius 1 is 1.38 bits per heavy atom. The highest BCUT2D eigenvalue weighted by atomic mass is 19.1. The second-order valence-electron chi connectivity index (χ2n) is 5.49. The number of rotatable bonds is 7. The zero-order valence-electron chi connectivity index (χ0n) is 13.5. The number of esters is 1. The number of aliphatic hydroxyl groups is 1. The van der Waals surface area contributed by atoms with E-state index in [0.717, 1.165) is 12.1 Å². The van der Waals surface area contributed by atoms with Gasteiger partial charge in [-0.3, -0.25) is 14.9 Å². The van der Waals surface area contributed by atoms with Gasteiger partial charge in [-0.15, -0.1) is 0 Å². The molecule has 0 bridgehead atoms. The molecule has 0 saturated heterocycles. The van der Waals surface area contributed by atoms with Crippen molar-refractivity contribution in [1.82, 2.24) is 5.32 Å². The van der Waals surface area contributed by atoms with E-state index in [-0.39, 0.29) is 12.0 Å². The fourth-order valence-electron chi connectivity index (χ4n) is 1.90. The number of amides is 1. The number of hydrogen-bond acceptors (Lipinski definition) is 6. The van der Waals surface area contributed by atoms with Gasteiger partial charge < -0.3 is 15.2 Å². The summed E-state index contributed by atoms with van der Waals surface area (Å²) in [6, 6.07) is 1.79. The number of nitro benzene ring substituents is 1. The lowest BCUT2D eigenvalue weighted by Crippen LogP contribution is -2.49. The van der Waals surface area contributed by atoms with Crippen LogP contribution in [0, 0.1) is 15.9 Å². The van der Waals surface area contributed by atoms with Crippen LogP contribution in [0.5, 0.6) is 0 Å². The van der Waals surface area contributed by atoms with Gasteiger partial charge >= 0.3 is 11.7 Å². The average molecular weight is 342 g/mol. The molecule has 2 atom stereocenters. The van der Waals surface area contributed by atoms with E-state index in [1.807, 2.05) is 0 Å². The maximum absolute atomic E-state index is 13.3. The third kappa shape index (κ3) is 5.58. The monoisotopic (exact) mass is 342 g/mol. The van der Waals surface area contributed by atoms with Crippen LogP contribution < -0.4 is 5.32 Å². The van der Waals surface area contributed by atoms with E-state index >= 15 is 0 Å². The van der Waals surface area contributed by atoms with Gasteiger partial charge in [0.05, 0.1) is 23.6 Å². The standard InChI is InChI=1S/C15H19FN2O6/c1-8(2)24-15(21)14(9(3)19)17-13(20)7-10-4-5-11(16)12(6-10)18(22)23/h4-6,8-9,14,19H,7H2,1-3H3,(H,17,20). The molecule has 0 aliphatic carbocycles. The molecule has 132 valence electrons. The largest absolute Gasteiger partial charge is 0.461 e. The van der Waals surface area contributed by atoms with Crippen molar-refractivity contribution in [2.24, 2.45) is 0 Å². The minimum atomic E-state index is -1.27. The molecule has 9 heteroatoms. The number of halogens is 1. The van der Waals surface area contributed by atoms with Crippen LogP contribution in [0.2, 0.25) is 0 Å². The topological polar surface area (TPSA) is 119 Å². The van der Waals surface area contributed by atoms with Gasteiger partial charge in [0, 0.05) is 6.07 Å². The van der Waals surface area contributed by atoms with E-state index in [2.05, 4.69) is 5.32 Å². The van der Waals surface area contributed by atoms with Crippen LogP contribution >= 0.6 is 0 Å². The highest BCUT2D eigenvalue weighted by molar-refractivity contribution is 5.86. The zero-order chi connectivity index (χ0) is 18.4. The van der Waals surface area contributed by atoms with Crippen molar-refractivity contribution >= 4 is 17.6 Å². The Kier molecular flexibility index (Phi) is 6.78. The van der Waals surface area contributed by atoms with Gasteiger partial charge in [0.25, 0.3) is 0 Å². The molecule has 24 heavy (non-hydrogen) atoms. The fraction of sp³-hybridized carbons (Fsp3) is 0.467. The summed E-state index contributed by atoms with van der Waals surface area (Å²) >= 11 is 0. The lowest BCUT2D eigenvalue weighted by Gasteiger charge is -2.21. The van der Waals surface area contributed by atoms with Gasteiger partial charge in [0.2, 0.25) is 11.7 Å². The second-order valence-corrected chi connectivity index (χ2v) is 5.49. The number of benzene rings is 1. The molecule has 0 fully saturated rings. The second kappa shape index (κ2) is 8.34. The van der Waals surface area contributed by atoms with Gasteiger partial charge in [-0.1, -0.05) is 6.07 Å². The van der Waals surface area contributed by atoms with Crippen LogP contribution in [0.25, 0.3) is 0 Å². The molecule has 8 nitrogen and oxygen atoms in total. The van der Waals surface area contributed by atoms with Gasteiger partial charge in [-0.2, -0.15) is 4.39 Å². The van der Waals surface area contributed by atoms with Gasteiger partial charge in [0.15, 0.2) is 6.04 Å². The number of hydrogen-bond donors (Lipinski definition) is 2. The summed E-state index contributed by atoms with van der Waals surface area (Å²) in [6.45, 7) is 4.56. The minimum Gasteiger partial charge on any atom is -0.461 e. The third-order valence-electron chi connectivity index (χ3n) is 2.98. The molecule has 1 aromatic carbocycles. The lowest BCUT2D eigenvalue weighted by atomic mass is 10.1. The third-order valence-corrected chi connectivity index (χ3v) is 2.98. The first kappa shape index (κ1) is 19.5. The molecular weight excluding hydrogens is 323 g/mol. The van der Waals surface area contributed by atoms with Crippen molar-refractivity contribution in [1.29, 1.82) is 0 Å². The normalized spacial score (nSPS) is 13.2. The Morgan fingerprint density at radius 3 is 2.50 bits per heavy atom. The smallest absolute Gasteiger partial charge is 0.331 e. The number of nitrogens with zero attached hydrogens (tertiary/aromatic N) is 1. The van der Waals surface area contributed by atoms with Crippen LogP contribution in [0.3, 0.4) is 0 Å². The van der Waals surface area contributed by atoms with Crippen molar-refractivity contribution in [3.05, 3.63) is 39.7 Å². The highest BCUT2D eigenvalue weighted by Crippen LogP contribution is 2.18. The summed E-state index contributed by atoms with van der Waals surface area (Å²) in [5.74, 6) is -2.47. The number of carbonyl (C=O) groups is 2. The Hall–Kier alpha value is -2.55. The molecule has 1 amide bonds. The number of nitrogens with one attached hydrogen (secondary N) is 1. The number of nitro groups is 1. The number of aliphatic hydroxyl groups excluding tert-OH is 1. The van der Waals surface area contributed by atoms with Crippen LogP contribution in [0.15, 0.2) is 18.2 Å². The molecule has 0 spiro atoms. The van der Waals surface area contributed by atoms with Gasteiger partial charge in [0.1, 0.15) is 0 Å². The minimum absolute atomic E-state index is 0.196. The molecule has 0 aromatic heterocycles. The van der Waals surface area contributed by atoms with E-state index in [0.29, 0.717) is 0 Å². The molecule has 2 N–H and O–H groups in total. The van der Waals surface area contributed by atoms with Crippen molar-refractivity contribution in [2.45, 2.75) is 45.4 Å². The summed E-state index contributed by atoms with van der Waals surface area (Å²) in [4.78, 5) is 33.6. The highest BCUT2D eigenvalue weighted by Gasteiger charge is 2.28. The summed E-state index contributed by atoms with van der Waals surface area (Å²) in [5, 5.41) is 22.6. The molecule has 0 heterocycles. The predicted octanol–water partition coefficient (Wildman–Crippen LogP) is 1.09. The maximum Gasteiger partial charge on any atom is 0.331 e. The summed E-state index contributed by atoms with van der Waals surface area (Å²) in [5.41, 5.74) is -0.547. The average Bonchev–Trinajstić information content (AvgIpc) is 2.45. The first-order valence-corrected chi connectivity index (χ1v) is 7.22. The zero-order valence-corrected chi connectivity index (χ0v) is 13.5. The SMILES string of the molecule is CC(C)OC(=O)C(NC(=O)Cc1ccc(F)c([N+](=O)[O-])c1)C(C)O. The predicted molar refractivity (Wildman–Crippen MR) is 81.6 cm³/mol. The lowest BCUT2D eigenvalue weighted by molar-refractivity contribution is -0.387. The Balaban J connectivity index is 2.81. The summed E-state index contributed by atoms with van der Waals surface area (Å²) in [6.07, 6.45) is -1.93. The van der Waals surface area contributed by atoms with Crippen LogP contribution in [0.4, 0.5) is 10.1 Å². The van der Waals surface area contributed by atoms with E-state index in [4.69, 9.17) is 4.74 Å². The van der Waals surface area contributed by atoms with Crippen molar-refractivity contribution in [2.75, 3.05) is 0 Å². The molecule has 0 radical (unpaired) electrons. The molecule has 0 saturated carbocycles. The van der Waals surface area contributed by atoms with Crippen molar-refractivity contribution in [3.8, 4) is 0 Å². The quantitative estimate of drug-likeness (QED) is 0.435. The first-order chi connectivity index (χ1) is 11.1. The van der Waals surface area contributed by atoms with Crippen LogP contribution in [-0.2, 0) is 20.7 Å². The number of carbonyl (C=O) groups excluding carboxylic acids is 2. The van der Waals surface area contributed by atoms with Crippen LogP contribution in [0.1, 0.15) is 26.3 Å². The van der Waals surface area contributed by atoms with E-state index in [1.54, 1.807) is 13.8 Å². The molecule has 2 unspecified atom stereocenters. The maximum atomic E-state index is 13.3. The Bertz CT molecular complexity index is 632. The molecule has 1 rings (SSSR count). The molecule has 0 aliphatic heterocycles. The molecular formula is C15H19FN2O6. The summed E-state index contributed by atoms with van der Waals surface area (Å²) < 4.78 is 18.2. The van der Waals surface area contributed by atoms with Gasteiger partial charge in [-0.25, -0.2) is 4.79 Å². The van der Waals surface area contributed by atoms with E-state index in [1.165, 1.54) is 13.0 Å². The van der Waals surface area contributed by atoms with Crippen molar-refractivity contribution in [3.63, 3.8) is 0 Å². The Labute approximate surface area is 137 Å². The number of ether oxygens (including phenoxy) is 1. The van der Waals surface area contributed by atoms with Gasteiger partial charge in [-0.05, 0) is 32.4 Å². The van der Waals surface area contributed by atoms with Crippen LogP contribution in [-0.4, -0.2) is 40.2 Å². The molecule has 0 aliphatic rings. The molecule has 1 aromatic rings.